The third kappa shape index (κ3) is 4.05. The molecule has 0 aliphatic heterocycles. The number of aromatic hydroxyl groups is 1. The summed E-state index contributed by atoms with van der Waals surface area (Å²) in [6.07, 6.45) is 0. The summed E-state index contributed by atoms with van der Waals surface area (Å²) in [5.74, 6) is -1.46. The Morgan fingerprint density at radius 1 is 0.944 bits per heavy atom. The number of carboxylic acids is 1. The normalized spacial score (nSPS) is 9.11. The Balaban J connectivity index is 0.000000199. The van der Waals surface area contributed by atoms with Crippen LogP contribution in [0.5, 0.6) is 5.75 Å². The maximum atomic E-state index is 10.4. The number of carboxylic acid groups (broad SMARTS) is 1. The van der Waals surface area contributed by atoms with Crippen LogP contribution in [0, 0.1) is 0 Å². The van der Waals surface area contributed by atoms with Gasteiger partial charge in [-0.2, -0.15) is 0 Å². The van der Waals surface area contributed by atoms with Crippen molar-refractivity contribution in [3.8, 4) is 5.75 Å². The van der Waals surface area contributed by atoms with Gasteiger partial charge in [-0.05, 0) is 30.3 Å². The van der Waals surface area contributed by atoms with Crippen LogP contribution in [0.25, 0.3) is 0 Å². The summed E-state index contributed by atoms with van der Waals surface area (Å²) in [7, 11) is 0. The van der Waals surface area contributed by atoms with Gasteiger partial charge in [-0.15, -0.1) is 0 Å². The molecule has 0 aliphatic rings. The minimum atomic E-state index is -1.19. The fourth-order valence-corrected chi connectivity index (χ4v) is 1.18. The number of benzene rings is 2. The second-order valence-corrected chi connectivity index (χ2v) is 3.49. The fourth-order valence-electron chi connectivity index (χ4n) is 1.18. The summed E-state index contributed by atoms with van der Waals surface area (Å²) < 4.78 is 0. The van der Waals surface area contributed by atoms with Gasteiger partial charge in [0.05, 0.1) is 0 Å². The number of anilines is 2. The van der Waals surface area contributed by atoms with Crippen LogP contribution in [0.4, 0.5) is 11.4 Å². The molecule has 2 aromatic carbocycles. The van der Waals surface area contributed by atoms with Gasteiger partial charge in [0.1, 0.15) is 11.3 Å². The number of hydrogen-bond acceptors (Lipinski definition) is 4. The van der Waals surface area contributed by atoms with Gasteiger partial charge in [-0.25, -0.2) is 4.79 Å². The molecule has 0 amide bonds. The molecule has 0 radical (unpaired) electrons. The summed E-state index contributed by atoms with van der Waals surface area (Å²) in [5, 5.41) is 17.4. The molecule has 18 heavy (non-hydrogen) atoms. The number of aromatic carboxylic acids is 1. The molecule has 94 valence electrons. The average Bonchev–Trinajstić information content (AvgIpc) is 2.34. The first-order valence-electron chi connectivity index (χ1n) is 5.13. The fraction of sp³-hybridized carbons (Fsp3) is 0. The Hall–Kier alpha value is -2.69. The quantitative estimate of drug-likeness (QED) is 0.454. The zero-order valence-electron chi connectivity index (χ0n) is 9.58. The smallest absolute Gasteiger partial charge is 0.339 e. The lowest BCUT2D eigenvalue weighted by molar-refractivity contribution is 0.0694. The van der Waals surface area contributed by atoms with Crippen molar-refractivity contribution in [1.29, 1.82) is 0 Å². The van der Waals surface area contributed by atoms with E-state index in [1.165, 1.54) is 18.2 Å². The van der Waals surface area contributed by atoms with Gasteiger partial charge >= 0.3 is 5.97 Å². The highest BCUT2D eigenvalue weighted by Crippen LogP contribution is 2.18. The predicted octanol–water partition coefficient (Wildman–Crippen LogP) is 1.94. The first kappa shape index (κ1) is 13.4. The molecule has 0 atom stereocenters. The van der Waals surface area contributed by atoms with Gasteiger partial charge < -0.3 is 21.7 Å². The van der Waals surface area contributed by atoms with E-state index < -0.39 is 5.97 Å². The number of carbonyl (C=O) groups is 1. The van der Waals surface area contributed by atoms with E-state index >= 15 is 0 Å². The number of rotatable bonds is 1. The zero-order valence-corrected chi connectivity index (χ0v) is 9.58. The van der Waals surface area contributed by atoms with Crippen molar-refractivity contribution in [2.45, 2.75) is 0 Å². The summed E-state index contributed by atoms with van der Waals surface area (Å²) >= 11 is 0. The van der Waals surface area contributed by atoms with E-state index in [0.717, 1.165) is 5.69 Å². The molecular weight excluding hydrogens is 232 g/mol. The van der Waals surface area contributed by atoms with Crippen LogP contribution < -0.4 is 11.5 Å². The summed E-state index contributed by atoms with van der Waals surface area (Å²) in [6.45, 7) is 0. The number of nitrogens with two attached hydrogens (primary N) is 2. The van der Waals surface area contributed by atoms with E-state index in [1.807, 2.05) is 30.3 Å². The van der Waals surface area contributed by atoms with Crippen LogP contribution in [-0.2, 0) is 0 Å². The van der Waals surface area contributed by atoms with Crippen LogP contribution in [0.3, 0.4) is 0 Å². The molecule has 2 aromatic rings. The molecule has 5 heteroatoms. The van der Waals surface area contributed by atoms with E-state index in [4.69, 9.17) is 21.7 Å². The van der Waals surface area contributed by atoms with Gasteiger partial charge in [0.15, 0.2) is 0 Å². The Bertz CT molecular complexity index is 527. The molecular formula is C13H14N2O3. The largest absolute Gasteiger partial charge is 0.507 e. The molecule has 0 aromatic heterocycles. The lowest BCUT2D eigenvalue weighted by Gasteiger charge is -1.98. The van der Waals surface area contributed by atoms with E-state index in [1.54, 1.807) is 0 Å². The Kier molecular flexibility index (Phi) is 4.57. The van der Waals surface area contributed by atoms with Gasteiger partial charge in [-0.1, -0.05) is 18.2 Å². The first-order chi connectivity index (χ1) is 8.50. The Morgan fingerprint density at radius 2 is 1.56 bits per heavy atom. The summed E-state index contributed by atoms with van der Waals surface area (Å²) in [5.41, 5.74) is 11.6. The number of phenols is 1. The molecule has 0 saturated carbocycles. The topological polar surface area (TPSA) is 110 Å². The van der Waals surface area contributed by atoms with Gasteiger partial charge in [0, 0.05) is 11.4 Å². The van der Waals surface area contributed by atoms with E-state index in [9.17, 15) is 4.79 Å². The van der Waals surface area contributed by atoms with Crippen LogP contribution >= 0.6 is 0 Å². The number of hydrogen-bond donors (Lipinski definition) is 4. The van der Waals surface area contributed by atoms with Crippen molar-refractivity contribution in [3.05, 3.63) is 54.1 Å². The molecule has 0 saturated heterocycles. The lowest BCUT2D eigenvalue weighted by atomic mass is 10.2. The number of para-hydroxylation sites is 1. The highest BCUT2D eigenvalue weighted by molar-refractivity contribution is 5.91. The van der Waals surface area contributed by atoms with E-state index in [2.05, 4.69) is 0 Å². The maximum Gasteiger partial charge on any atom is 0.339 e. The molecule has 0 heterocycles. The summed E-state index contributed by atoms with van der Waals surface area (Å²) in [6, 6.07) is 13.4. The third-order valence-electron chi connectivity index (χ3n) is 2.05. The van der Waals surface area contributed by atoms with Gasteiger partial charge in [-0.3, -0.25) is 0 Å². The van der Waals surface area contributed by atoms with Crippen molar-refractivity contribution in [2.24, 2.45) is 0 Å². The standard InChI is InChI=1S/C7H7NO3.C6H7N/c8-4-1-2-6(9)5(3-4)7(10)11;7-6-4-2-1-3-5-6/h1-3,9H,8H2,(H,10,11);1-5H,7H2. The Morgan fingerprint density at radius 3 is 1.94 bits per heavy atom. The van der Waals surface area contributed by atoms with E-state index in [-0.39, 0.29) is 11.3 Å². The molecule has 0 aliphatic carbocycles. The van der Waals surface area contributed by atoms with Crippen LogP contribution in [-0.4, -0.2) is 16.2 Å². The maximum absolute atomic E-state index is 10.4. The molecule has 2 rings (SSSR count). The molecule has 6 N–H and O–H groups in total. The molecule has 0 fully saturated rings. The zero-order chi connectivity index (χ0) is 13.5. The highest BCUT2D eigenvalue weighted by atomic mass is 16.4. The van der Waals surface area contributed by atoms with E-state index in [0.29, 0.717) is 5.69 Å². The third-order valence-corrected chi connectivity index (χ3v) is 2.05. The second-order valence-electron chi connectivity index (χ2n) is 3.49. The molecule has 0 unspecified atom stereocenters. The SMILES string of the molecule is Nc1ccc(O)c(C(=O)O)c1.Nc1ccccc1. The van der Waals surface area contributed by atoms with Crippen LogP contribution in [0.1, 0.15) is 10.4 Å². The molecule has 5 nitrogen and oxygen atoms in total. The highest BCUT2D eigenvalue weighted by Gasteiger charge is 2.08. The van der Waals surface area contributed by atoms with Crippen LogP contribution in [0.2, 0.25) is 0 Å². The minimum absolute atomic E-state index is 0.176. The van der Waals surface area contributed by atoms with Crippen molar-refractivity contribution in [1.82, 2.24) is 0 Å². The van der Waals surface area contributed by atoms with Crippen molar-refractivity contribution < 1.29 is 15.0 Å². The van der Waals surface area contributed by atoms with Gasteiger partial charge in [0.25, 0.3) is 0 Å². The van der Waals surface area contributed by atoms with Crippen LogP contribution in [0.15, 0.2) is 48.5 Å². The first-order valence-corrected chi connectivity index (χ1v) is 5.13. The monoisotopic (exact) mass is 246 g/mol. The average molecular weight is 246 g/mol. The van der Waals surface area contributed by atoms with Crippen molar-refractivity contribution >= 4 is 17.3 Å². The number of nitrogen functional groups attached to an aromatic ring is 2. The van der Waals surface area contributed by atoms with Crippen molar-refractivity contribution in [2.75, 3.05) is 11.5 Å². The predicted molar refractivity (Wildman–Crippen MR) is 70.3 cm³/mol. The molecule has 0 bridgehead atoms. The minimum Gasteiger partial charge on any atom is -0.507 e. The summed E-state index contributed by atoms with van der Waals surface area (Å²) in [4.78, 5) is 10.4. The molecule has 0 spiro atoms. The second kappa shape index (κ2) is 6.15. The van der Waals surface area contributed by atoms with Crippen molar-refractivity contribution in [3.63, 3.8) is 0 Å². The van der Waals surface area contributed by atoms with Gasteiger partial charge in [0.2, 0.25) is 0 Å². The Labute approximate surface area is 104 Å². The lowest BCUT2D eigenvalue weighted by Crippen LogP contribution is -1.97.